The first-order valence-corrected chi connectivity index (χ1v) is 17.3. The van der Waals surface area contributed by atoms with Crippen LogP contribution in [0.4, 0.5) is 0 Å². The van der Waals surface area contributed by atoms with Crippen LogP contribution < -0.4 is 0 Å². The molecule has 3 nitrogen and oxygen atoms in total. The van der Waals surface area contributed by atoms with Gasteiger partial charge in [-0.15, -0.1) is 108 Å². The van der Waals surface area contributed by atoms with Crippen LogP contribution in [0.1, 0.15) is 33.4 Å². The summed E-state index contributed by atoms with van der Waals surface area (Å²) in [5, 5.41) is 0. The van der Waals surface area contributed by atoms with Gasteiger partial charge in [0.2, 0.25) is 0 Å². The molecule has 0 bridgehead atoms. The van der Waals surface area contributed by atoms with Crippen molar-refractivity contribution in [1.29, 1.82) is 0 Å². The summed E-state index contributed by atoms with van der Waals surface area (Å²) in [4.78, 5) is 34.8. The second-order valence-corrected chi connectivity index (χ2v) is 11.4. The first kappa shape index (κ1) is 46.2. The first-order chi connectivity index (χ1) is 26.5. The summed E-state index contributed by atoms with van der Waals surface area (Å²) >= 11 is 0. The van der Waals surface area contributed by atoms with Gasteiger partial charge in [-0.3, -0.25) is 0 Å². The normalized spacial score (nSPS) is 10.7. The fraction of sp³-hybridized carbons (Fsp3) is 0. The molecule has 6 aromatic carbocycles. The van der Waals surface area contributed by atoms with Crippen molar-refractivity contribution in [2.75, 3.05) is 0 Å². The Morgan fingerprint density at radius 3 is 0.714 bits per heavy atom. The second kappa shape index (κ2) is 28.5. The van der Waals surface area contributed by atoms with Crippen LogP contribution in [-0.4, -0.2) is 17.3 Å². The summed E-state index contributed by atoms with van der Waals surface area (Å²) < 4.78 is 0. The zero-order valence-corrected chi connectivity index (χ0v) is 33.5. The molecule has 0 fully saturated rings. The maximum Gasteiger partial charge on any atom is 0.102 e. The molecular weight excluding hydrogens is 873 g/mol. The molecule has 0 unspecified atom stereocenters. The predicted octanol–water partition coefficient (Wildman–Crippen LogP) is 11.0. The van der Waals surface area contributed by atoms with Crippen molar-refractivity contribution >= 4 is 35.6 Å². The smallest absolute Gasteiger partial charge is 0.102 e. The van der Waals surface area contributed by atoms with Gasteiger partial charge < -0.3 is 14.4 Å². The molecule has 0 aliphatic carbocycles. The summed E-state index contributed by atoms with van der Waals surface area (Å²) in [6, 6.07) is 57.9. The van der Waals surface area contributed by atoms with Crippen LogP contribution in [0.15, 0.2) is 218 Å². The Bertz CT molecular complexity index is 1760. The van der Waals surface area contributed by atoms with Crippen LogP contribution in [0.2, 0.25) is 0 Å². The standard InChI is InChI=1S/3C17H13O.2Pd/c3*18-17(13-11-15-7-3-1-4-8-15)14-12-16-9-5-2-6-10-16;;/h3*1-11,13-14H;;/q3*-1;;/b3*13-11+;;. The van der Waals surface area contributed by atoms with E-state index in [1.54, 1.807) is 36.5 Å². The van der Waals surface area contributed by atoms with E-state index in [-0.39, 0.29) is 58.2 Å². The topological polar surface area (TPSA) is 51.2 Å². The molecule has 0 N–H and O–H groups in total. The minimum Gasteiger partial charge on any atom is -0.347 e. The molecule has 0 aliphatic rings. The third-order valence-corrected chi connectivity index (χ3v) is 7.18. The summed E-state index contributed by atoms with van der Waals surface area (Å²) in [5.41, 5.74) is 5.74. The van der Waals surface area contributed by atoms with Crippen LogP contribution in [-0.2, 0) is 55.2 Å². The van der Waals surface area contributed by atoms with E-state index in [9.17, 15) is 14.4 Å². The maximum atomic E-state index is 11.6. The van der Waals surface area contributed by atoms with Crippen molar-refractivity contribution in [2.24, 2.45) is 0 Å². The molecule has 0 aromatic heterocycles. The molecular formula is C51H39O3Pd2-3. The Balaban J connectivity index is 0.000000285. The molecule has 0 saturated heterocycles. The molecule has 0 saturated carbocycles. The molecule has 5 heteroatoms. The Labute approximate surface area is 358 Å². The van der Waals surface area contributed by atoms with Gasteiger partial charge in [0.05, 0.1) is 0 Å². The number of benzene rings is 6. The first-order valence-electron chi connectivity index (χ1n) is 17.3. The maximum absolute atomic E-state index is 11.6. The second-order valence-electron chi connectivity index (χ2n) is 11.4. The van der Waals surface area contributed by atoms with Gasteiger partial charge in [0.15, 0.2) is 0 Å². The Morgan fingerprint density at radius 2 is 0.500 bits per heavy atom. The SMILES string of the molecule is O=C(C=[C-]c1ccccc1)/C=C/c1ccccc1.O=C(C=[C-]c1ccccc1)/C=C/c1ccccc1.O=C(C=[C-]c1ccccc1)/C=C/c1ccccc1.[Pd].[Pd]. The number of allylic oxidation sites excluding steroid dienone is 6. The largest absolute Gasteiger partial charge is 0.347 e. The van der Waals surface area contributed by atoms with Crippen LogP contribution >= 0.6 is 0 Å². The van der Waals surface area contributed by atoms with Crippen molar-refractivity contribution in [2.45, 2.75) is 0 Å². The van der Waals surface area contributed by atoms with E-state index in [2.05, 4.69) is 18.2 Å². The molecule has 0 amide bonds. The van der Waals surface area contributed by atoms with Gasteiger partial charge in [-0.2, -0.15) is 0 Å². The number of hydrogen-bond acceptors (Lipinski definition) is 3. The van der Waals surface area contributed by atoms with Gasteiger partial charge in [0.25, 0.3) is 0 Å². The van der Waals surface area contributed by atoms with E-state index in [1.165, 1.54) is 18.2 Å². The quantitative estimate of drug-likeness (QED) is 0.0698. The number of ketones is 3. The number of hydrogen-bond donors (Lipinski definition) is 0. The molecule has 284 valence electrons. The van der Waals surface area contributed by atoms with Gasteiger partial charge in [-0.25, -0.2) is 0 Å². The fourth-order valence-corrected chi connectivity index (χ4v) is 4.44. The van der Waals surface area contributed by atoms with Crippen molar-refractivity contribution in [1.82, 2.24) is 0 Å². The van der Waals surface area contributed by atoms with Crippen molar-refractivity contribution in [3.05, 3.63) is 270 Å². The van der Waals surface area contributed by atoms with Gasteiger partial charge in [0, 0.05) is 40.8 Å². The Hall–Kier alpha value is -5.91. The van der Waals surface area contributed by atoms with Gasteiger partial charge in [0.1, 0.15) is 17.3 Å². The van der Waals surface area contributed by atoms with Crippen molar-refractivity contribution in [3.63, 3.8) is 0 Å². The summed E-state index contributed by atoms with van der Waals surface area (Å²) in [5.74, 6) is -0.201. The zero-order valence-electron chi connectivity index (χ0n) is 30.4. The number of rotatable bonds is 12. The van der Waals surface area contributed by atoms with Gasteiger partial charge >= 0.3 is 0 Å². The van der Waals surface area contributed by atoms with Crippen LogP contribution in [0, 0.1) is 18.2 Å². The third-order valence-electron chi connectivity index (χ3n) is 7.18. The molecule has 0 radical (unpaired) electrons. The minimum atomic E-state index is -0.0669. The molecule has 0 heterocycles. The van der Waals surface area contributed by atoms with E-state index in [4.69, 9.17) is 0 Å². The van der Waals surface area contributed by atoms with Crippen molar-refractivity contribution < 1.29 is 55.2 Å². The van der Waals surface area contributed by atoms with E-state index < -0.39 is 0 Å². The van der Waals surface area contributed by atoms with Gasteiger partial charge in [-0.1, -0.05) is 164 Å². The summed E-state index contributed by atoms with van der Waals surface area (Å²) in [6.45, 7) is 0. The van der Waals surface area contributed by atoms with Crippen LogP contribution in [0.3, 0.4) is 0 Å². The van der Waals surface area contributed by atoms with E-state index in [0.717, 1.165) is 33.4 Å². The average Bonchev–Trinajstić information content (AvgIpc) is 3.24. The van der Waals surface area contributed by atoms with E-state index in [1.807, 2.05) is 182 Å². The Morgan fingerprint density at radius 1 is 0.304 bits per heavy atom. The fourth-order valence-electron chi connectivity index (χ4n) is 4.44. The predicted molar refractivity (Wildman–Crippen MR) is 222 cm³/mol. The summed E-state index contributed by atoms with van der Waals surface area (Å²) in [7, 11) is 0. The Kier molecular flexibility index (Phi) is 23.6. The number of carbonyl (C=O) groups is 3. The minimum absolute atomic E-state index is 0. The summed E-state index contributed by atoms with van der Waals surface area (Å²) in [6.07, 6.45) is 23.3. The molecule has 0 atom stereocenters. The van der Waals surface area contributed by atoms with Crippen LogP contribution in [0.5, 0.6) is 0 Å². The van der Waals surface area contributed by atoms with Crippen LogP contribution in [0.25, 0.3) is 18.2 Å². The molecule has 6 rings (SSSR count). The van der Waals surface area contributed by atoms with Gasteiger partial charge in [-0.05, 0) is 16.7 Å². The zero-order chi connectivity index (χ0) is 37.9. The van der Waals surface area contributed by atoms with E-state index >= 15 is 0 Å². The molecule has 56 heavy (non-hydrogen) atoms. The van der Waals surface area contributed by atoms with E-state index in [0.29, 0.717) is 0 Å². The average molecular weight is 913 g/mol. The monoisotopic (exact) mass is 911 g/mol. The molecule has 0 spiro atoms. The third kappa shape index (κ3) is 20.5. The number of carbonyl (C=O) groups excluding carboxylic acids is 3. The molecule has 6 aromatic rings. The molecule has 0 aliphatic heterocycles. The van der Waals surface area contributed by atoms with Crippen molar-refractivity contribution in [3.8, 4) is 0 Å².